The number of fused-ring (bicyclic) bond motifs is 1. The second kappa shape index (κ2) is 7.99. The summed E-state index contributed by atoms with van der Waals surface area (Å²) in [6.07, 6.45) is 5.08. The normalized spacial score (nSPS) is 11.1. The predicted octanol–water partition coefficient (Wildman–Crippen LogP) is 2.41. The third-order valence-corrected chi connectivity index (χ3v) is 4.32. The summed E-state index contributed by atoms with van der Waals surface area (Å²) in [4.78, 5) is 39.1. The predicted molar refractivity (Wildman–Crippen MR) is 110 cm³/mol. The first-order valence-corrected chi connectivity index (χ1v) is 8.87. The van der Waals surface area contributed by atoms with Crippen molar-refractivity contribution in [1.82, 2.24) is 19.4 Å². The number of carbonyl (C=O) groups is 1. The fourth-order valence-electron chi connectivity index (χ4n) is 2.80. The van der Waals surface area contributed by atoms with E-state index < -0.39 is 22.2 Å². The Morgan fingerprint density at radius 1 is 1.13 bits per heavy atom. The molecule has 0 fully saturated rings. The van der Waals surface area contributed by atoms with Crippen LogP contribution in [-0.2, 0) is 4.79 Å². The van der Waals surface area contributed by atoms with Crippen LogP contribution in [0.1, 0.15) is 5.56 Å². The van der Waals surface area contributed by atoms with E-state index in [9.17, 15) is 24.1 Å². The number of nitro benzene ring substituents is 1. The first-order valence-electron chi connectivity index (χ1n) is 8.87. The van der Waals surface area contributed by atoms with E-state index in [0.717, 1.165) is 11.0 Å². The fourth-order valence-corrected chi connectivity index (χ4v) is 2.80. The largest absolute Gasteiger partial charge is 0.283 e. The fraction of sp³-hybridized carbons (Fsp3) is 0. The van der Waals surface area contributed by atoms with E-state index in [1.54, 1.807) is 0 Å². The lowest BCUT2D eigenvalue weighted by molar-refractivity contribution is -0.384. The van der Waals surface area contributed by atoms with Gasteiger partial charge in [-0.25, -0.2) is 18.7 Å². The molecule has 0 unspecified atom stereocenters. The third-order valence-electron chi connectivity index (χ3n) is 4.32. The quantitative estimate of drug-likeness (QED) is 0.300. The Kier molecular flexibility index (Phi) is 5.06. The number of rotatable bonds is 5. The summed E-state index contributed by atoms with van der Waals surface area (Å²) >= 11 is 0. The van der Waals surface area contributed by atoms with Crippen LogP contribution in [0, 0.1) is 15.9 Å². The smallest absolute Gasteiger partial charge is 0.268 e. The monoisotopic (exact) mass is 420 g/mol. The molecule has 0 aliphatic rings. The summed E-state index contributed by atoms with van der Waals surface area (Å²) < 4.78 is 15.4. The molecule has 2 aromatic carbocycles. The van der Waals surface area contributed by atoms with Gasteiger partial charge in [-0.3, -0.25) is 25.1 Å². The Balaban J connectivity index is 1.54. The van der Waals surface area contributed by atoms with Gasteiger partial charge in [0.05, 0.1) is 16.8 Å². The van der Waals surface area contributed by atoms with Crippen LogP contribution in [0.25, 0.3) is 22.8 Å². The van der Waals surface area contributed by atoms with E-state index in [1.807, 2.05) is 0 Å². The van der Waals surface area contributed by atoms with Crippen LogP contribution in [0.15, 0.2) is 71.9 Å². The molecule has 0 bridgehead atoms. The Morgan fingerprint density at radius 2 is 1.84 bits per heavy atom. The van der Waals surface area contributed by atoms with E-state index in [1.165, 1.54) is 71.6 Å². The number of aromatic nitrogens is 4. The van der Waals surface area contributed by atoms with E-state index in [4.69, 9.17) is 0 Å². The molecule has 2 heterocycles. The van der Waals surface area contributed by atoms with Crippen LogP contribution < -0.4 is 11.0 Å². The summed E-state index contributed by atoms with van der Waals surface area (Å²) in [5, 5.41) is 14.9. The van der Waals surface area contributed by atoms with Crippen molar-refractivity contribution in [3.8, 4) is 5.69 Å². The molecule has 0 aliphatic carbocycles. The molecule has 31 heavy (non-hydrogen) atoms. The third kappa shape index (κ3) is 4.05. The Bertz CT molecular complexity index is 1370. The van der Waals surface area contributed by atoms with E-state index in [0.29, 0.717) is 11.3 Å². The molecule has 0 radical (unpaired) electrons. The molecule has 4 rings (SSSR count). The summed E-state index contributed by atoms with van der Waals surface area (Å²) in [5.41, 5.74) is 3.12. The maximum atomic E-state index is 13.1. The molecule has 154 valence electrons. The van der Waals surface area contributed by atoms with Crippen LogP contribution >= 0.6 is 0 Å². The van der Waals surface area contributed by atoms with Gasteiger partial charge in [0, 0.05) is 18.2 Å². The van der Waals surface area contributed by atoms with E-state index >= 15 is 0 Å². The lowest BCUT2D eigenvalue weighted by Crippen LogP contribution is -2.32. The van der Waals surface area contributed by atoms with Gasteiger partial charge >= 0.3 is 0 Å². The number of nitrogens with one attached hydrogen (secondary N) is 1. The van der Waals surface area contributed by atoms with Crippen molar-refractivity contribution in [3.63, 3.8) is 0 Å². The van der Waals surface area contributed by atoms with Gasteiger partial charge in [0.2, 0.25) is 0 Å². The van der Waals surface area contributed by atoms with Crippen molar-refractivity contribution in [2.45, 2.75) is 0 Å². The molecule has 2 aromatic heterocycles. The molecule has 1 amide bonds. The van der Waals surface area contributed by atoms with Crippen molar-refractivity contribution in [2.75, 3.05) is 5.43 Å². The topological polar surface area (TPSA) is 125 Å². The highest BCUT2D eigenvalue weighted by molar-refractivity contribution is 5.97. The number of nitrogens with zero attached hydrogens (tertiary/aromatic N) is 5. The molecule has 10 nitrogen and oxygen atoms in total. The van der Waals surface area contributed by atoms with Crippen LogP contribution in [0.4, 0.5) is 10.1 Å². The highest BCUT2D eigenvalue weighted by atomic mass is 19.1. The summed E-state index contributed by atoms with van der Waals surface area (Å²) in [6, 6.07) is 11.1. The van der Waals surface area contributed by atoms with Gasteiger partial charge in [-0.05, 0) is 48.0 Å². The zero-order valence-electron chi connectivity index (χ0n) is 15.7. The molecule has 0 saturated heterocycles. The van der Waals surface area contributed by atoms with Crippen molar-refractivity contribution < 1.29 is 14.1 Å². The van der Waals surface area contributed by atoms with Gasteiger partial charge in [0.15, 0.2) is 5.65 Å². The van der Waals surface area contributed by atoms with E-state index in [2.05, 4.69) is 15.5 Å². The molecule has 1 N–H and O–H groups in total. The summed E-state index contributed by atoms with van der Waals surface area (Å²) in [5.74, 6) is -1.01. The number of non-ortho nitro benzene ring substituents is 1. The zero-order chi connectivity index (χ0) is 22.0. The Labute approximate surface area is 173 Å². The minimum atomic E-state index is -0.604. The molecular formula is C20H13FN6O4. The number of amides is 1. The summed E-state index contributed by atoms with van der Waals surface area (Å²) in [7, 11) is 0. The molecule has 0 saturated carbocycles. The highest BCUT2D eigenvalue weighted by Crippen LogP contribution is 2.14. The second-order valence-corrected chi connectivity index (χ2v) is 6.35. The van der Waals surface area contributed by atoms with Gasteiger partial charge in [-0.15, -0.1) is 0 Å². The van der Waals surface area contributed by atoms with Crippen molar-refractivity contribution in [2.24, 2.45) is 0 Å². The number of halogens is 1. The standard InChI is InChI=1S/C20H13FN6O4/c21-14-4-8-15(9-5-14)26-19-17(11-23-26)20(29)25(12-22-19)24-18(28)10-3-13-1-6-16(7-2-13)27(30)31/h1-12H,(H,24,28)/b10-3+. The number of hydrogen-bond acceptors (Lipinski definition) is 6. The Morgan fingerprint density at radius 3 is 2.52 bits per heavy atom. The minimum absolute atomic E-state index is 0.0614. The number of carbonyl (C=O) groups excluding carboxylic acids is 1. The second-order valence-electron chi connectivity index (χ2n) is 6.35. The molecule has 4 aromatic rings. The average Bonchev–Trinajstić information content (AvgIpc) is 3.20. The van der Waals surface area contributed by atoms with Crippen LogP contribution in [0.5, 0.6) is 0 Å². The van der Waals surface area contributed by atoms with Crippen LogP contribution in [0.3, 0.4) is 0 Å². The maximum absolute atomic E-state index is 13.1. The number of hydrogen-bond donors (Lipinski definition) is 1. The first-order chi connectivity index (χ1) is 14.9. The SMILES string of the molecule is O=C(/C=C/c1ccc([N+](=O)[O-])cc1)Nn1cnc2c(cnn2-c2ccc(F)cc2)c1=O. The summed E-state index contributed by atoms with van der Waals surface area (Å²) in [6.45, 7) is 0. The van der Waals surface area contributed by atoms with Crippen molar-refractivity contribution >= 4 is 28.7 Å². The van der Waals surface area contributed by atoms with Gasteiger partial charge in [0.25, 0.3) is 17.2 Å². The molecule has 0 atom stereocenters. The maximum Gasteiger partial charge on any atom is 0.283 e. The Hall–Kier alpha value is -4.67. The van der Waals surface area contributed by atoms with Crippen LogP contribution in [-0.4, -0.2) is 30.3 Å². The number of nitro groups is 1. The minimum Gasteiger partial charge on any atom is -0.268 e. The lowest BCUT2D eigenvalue weighted by atomic mass is 10.2. The first kappa shape index (κ1) is 19.6. The van der Waals surface area contributed by atoms with Gasteiger partial charge < -0.3 is 0 Å². The number of benzene rings is 2. The molecule has 0 spiro atoms. The van der Waals surface area contributed by atoms with Gasteiger partial charge in [-0.1, -0.05) is 0 Å². The zero-order valence-corrected chi connectivity index (χ0v) is 15.7. The van der Waals surface area contributed by atoms with Gasteiger partial charge in [0.1, 0.15) is 17.5 Å². The van der Waals surface area contributed by atoms with Crippen molar-refractivity contribution in [3.05, 3.63) is 99.0 Å². The van der Waals surface area contributed by atoms with Crippen molar-refractivity contribution in [1.29, 1.82) is 0 Å². The van der Waals surface area contributed by atoms with Crippen LogP contribution in [0.2, 0.25) is 0 Å². The van der Waals surface area contributed by atoms with E-state index in [-0.39, 0.29) is 16.7 Å². The highest BCUT2D eigenvalue weighted by Gasteiger charge is 2.12. The molecule has 0 aliphatic heterocycles. The lowest BCUT2D eigenvalue weighted by Gasteiger charge is -2.06. The molecule has 11 heteroatoms. The molecular weight excluding hydrogens is 407 g/mol. The van der Waals surface area contributed by atoms with Gasteiger partial charge in [-0.2, -0.15) is 5.10 Å². The average molecular weight is 420 g/mol.